The standard InChI is InChI=1S/C36H50N2/c1-24-11-8-9-15-32(24)38-33-23-28(37)17-19-30(33)29-18-16-25(2)34(26(29)3)35(4)20-10-14-31(36(35)21-22-36)27-12-6-5-7-13-27/h8-10,14,16-20,23-27,29,32,34,38H,5-7,11-13,15,21-22,37H2,1-4H3. The van der Waals surface area contributed by atoms with E-state index in [1.54, 1.807) is 0 Å². The van der Waals surface area contributed by atoms with Crippen molar-refractivity contribution < 1.29 is 0 Å². The fourth-order valence-electron chi connectivity index (χ4n) is 9.42. The quantitative estimate of drug-likeness (QED) is 0.306. The lowest BCUT2D eigenvalue weighted by Crippen LogP contribution is -2.46. The number of hydrogen-bond donors (Lipinski definition) is 2. The Morgan fingerprint density at radius 2 is 1.71 bits per heavy atom. The molecule has 0 radical (unpaired) electrons. The average molecular weight is 511 g/mol. The van der Waals surface area contributed by atoms with Crippen molar-refractivity contribution in [3.05, 3.63) is 71.9 Å². The summed E-state index contributed by atoms with van der Waals surface area (Å²) < 4.78 is 0. The molecule has 7 atom stereocenters. The molecule has 5 aliphatic carbocycles. The van der Waals surface area contributed by atoms with E-state index in [2.05, 4.69) is 93.7 Å². The Kier molecular flexibility index (Phi) is 6.90. The van der Waals surface area contributed by atoms with Gasteiger partial charge in [-0.3, -0.25) is 0 Å². The highest BCUT2D eigenvalue weighted by molar-refractivity contribution is 5.62. The van der Waals surface area contributed by atoms with Crippen LogP contribution in [0.15, 0.2) is 66.3 Å². The van der Waals surface area contributed by atoms with Gasteiger partial charge in [0.05, 0.1) is 0 Å². The van der Waals surface area contributed by atoms with Crippen molar-refractivity contribution in [2.75, 3.05) is 11.1 Å². The van der Waals surface area contributed by atoms with Gasteiger partial charge in [0.1, 0.15) is 0 Å². The van der Waals surface area contributed by atoms with E-state index in [9.17, 15) is 0 Å². The zero-order valence-corrected chi connectivity index (χ0v) is 24.3. The molecule has 1 spiro atoms. The predicted octanol–water partition coefficient (Wildman–Crippen LogP) is 9.44. The van der Waals surface area contributed by atoms with Crippen molar-refractivity contribution in [1.82, 2.24) is 0 Å². The van der Waals surface area contributed by atoms with Crippen molar-refractivity contribution in [2.45, 2.75) is 97.4 Å². The molecule has 7 unspecified atom stereocenters. The van der Waals surface area contributed by atoms with Crippen molar-refractivity contribution in [3.63, 3.8) is 0 Å². The number of nitrogens with two attached hydrogens (primary N) is 1. The molecule has 1 aromatic rings. The third-order valence-electron chi connectivity index (χ3n) is 11.6. The number of hydrogen-bond acceptors (Lipinski definition) is 2. The van der Waals surface area contributed by atoms with Crippen LogP contribution in [0.3, 0.4) is 0 Å². The van der Waals surface area contributed by atoms with Crippen LogP contribution in [0.25, 0.3) is 0 Å². The van der Waals surface area contributed by atoms with E-state index in [0.717, 1.165) is 24.4 Å². The lowest BCUT2D eigenvalue weighted by molar-refractivity contribution is 0.0562. The summed E-state index contributed by atoms with van der Waals surface area (Å²) in [6.07, 6.45) is 29.5. The summed E-state index contributed by atoms with van der Waals surface area (Å²) >= 11 is 0. The molecule has 2 heteroatoms. The third kappa shape index (κ3) is 4.31. The van der Waals surface area contributed by atoms with Gasteiger partial charge in [-0.1, -0.05) is 101 Å². The van der Waals surface area contributed by atoms with Crippen LogP contribution in [0.1, 0.15) is 97.0 Å². The Morgan fingerprint density at radius 3 is 2.45 bits per heavy atom. The van der Waals surface area contributed by atoms with Gasteiger partial charge in [0.15, 0.2) is 0 Å². The maximum atomic E-state index is 6.36. The molecular weight excluding hydrogens is 460 g/mol. The summed E-state index contributed by atoms with van der Waals surface area (Å²) in [4.78, 5) is 0. The number of nitrogens with one attached hydrogen (secondary N) is 1. The maximum absolute atomic E-state index is 6.36. The van der Waals surface area contributed by atoms with Crippen LogP contribution in [0.2, 0.25) is 0 Å². The van der Waals surface area contributed by atoms with Gasteiger partial charge in [-0.05, 0) is 91.2 Å². The van der Waals surface area contributed by atoms with E-state index < -0.39 is 0 Å². The van der Waals surface area contributed by atoms with Crippen LogP contribution >= 0.6 is 0 Å². The van der Waals surface area contributed by atoms with Gasteiger partial charge in [-0.2, -0.15) is 0 Å². The van der Waals surface area contributed by atoms with Crippen LogP contribution in [-0.4, -0.2) is 6.04 Å². The monoisotopic (exact) mass is 510 g/mol. The number of benzene rings is 1. The van der Waals surface area contributed by atoms with Crippen LogP contribution in [0, 0.1) is 40.4 Å². The third-order valence-corrected chi connectivity index (χ3v) is 11.6. The van der Waals surface area contributed by atoms with Gasteiger partial charge < -0.3 is 11.1 Å². The highest BCUT2D eigenvalue weighted by Gasteiger charge is 2.63. The first-order chi connectivity index (χ1) is 18.3. The van der Waals surface area contributed by atoms with Crippen molar-refractivity contribution in [1.29, 1.82) is 0 Å². The van der Waals surface area contributed by atoms with Crippen LogP contribution in [0.4, 0.5) is 11.4 Å². The fraction of sp³-hybridized carbons (Fsp3) is 0.611. The number of nitrogen functional groups attached to an aromatic ring is 1. The van der Waals surface area contributed by atoms with E-state index in [0.29, 0.717) is 41.0 Å². The molecule has 2 nitrogen and oxygen atoms in total. The molecule has 0 heterocycles. The van der Waals surface area contributed by atoms with Crippen molar-refractivity contribution in [3.8, 4) is 0 Å². The zero-order valence-electron chi connectivity index (χ0n) is 24.3. The lowest BCUT2D eigenvalue weighted by Gasteiger charge is -2.53. The Balaban J connectivity index is 1.32. The van der Waals surface area contributed by atoms with Gasteiger partial charge in [0.2, 0.25) is 0 Å². The van der Waals surface area contributed by atoms with Gasteiger partial charge >= 0.3 is 0 Å². The number of anilines is 2. The summed E-state index contributed by atoms with van der Waals surface area (Å²) in [6, 6.07) is 7.10. The summed E-state index contributed by atoms with van der Waals surface area (Å²) in [7, 11) is 0. The van der Waals surface area contributed by atoms with E-state index in [4.69, 9.17) is 5.73 Å². The Labute approximate surface area is 231 Å². The summed E-state index contributed by atoms with van der Waals surface area (Å²) in [5.74, 6) is 3.60. The first kappa shape index (κ1) is 26.0. The van der Waals surface area contributed by atoms with E-state index in [-0.39, 0.29) is 5.41 Å². The highest BCUT2D eigenvalue weighted by atomic mass is 14.9. The van der Waals surface area contributed by atoms with Crippen molar-refractivity contribution >= 4 is 11.4 Å². The molecule has 3 N–H and O–H groups in total. The first-order valence-electron chi connectivity index (χ1n) is 15.7. The lowest BCUT2D eigenvalue weighted by atomic mass is 9.50. The largest absolute Gasteiger partial charge is 0.399 e. The highest BCUT2D eigenvalue weighted by Crippen LogP contribution is 2.72. The average Bonchev–Trinajstić information content (AvgIpc) is 3.71. The van der Waals surface area contributed by atoms with Gasteiger partial charge in [-0.15, -0.1) is 0 Å². The Bertz CT molecular complexity index is 1140. The Morgan fingerprint density at radius 1 is 0.947 bits per heavy atom. The first-order valence-corrected chi connectivity index (χ1v) is 15.7. The zero-order chi connectivity index (χ0) is 26.5. The van der Waals surface area contributed by atoms with Gasteiger partial charge in [-0.25, -0.2) is 0 Å². The second kappa shape index (κ2) is 10.1. The van der Waals surface area contributed by atoms with Crippen LogP contribution < -0.4 is 11.1 Å². The van der Waals surface area contributed by atoms with Gasteiger partial charge in [0, 0.05) is 28.7 Å². The summed E-state index contributed by atoms with van der Waals surface area (Å²) in [5, 5.41) is 3.96. The molecule has 0 saturated heterocycles. The van der Waals surface area contributed by atoms with E-state index in [1.165, 1.54) is 56.2 Å². The predicted molar refractivity (Wildman–Crippen MR) is 163 cm³/mol. The summed E-state index contributed by atoms with van der Waals surface area (Å²) in [5.41, 5.74) is 12.3. The minimum atomic E-state index is 0.209. The molecule has 38 heavy (non-hydrogen) atoms. The molecule has 5 aliphatic rings. The molecule has 0 amide bonds. The second-order valence-corrected chi connectivity index (χ2v) is 13.9. The molecule has 6 rings (SSSR count). The van der Waals surface area contributed by atoms with E-state index in [1.807, 2.05) is 5.57 Å². The SMILES string of the molecule is CC1C=CC(c2ccc(N)cc2NC2CC=CCC2C)C(C)C1C1(C)C=CC=C(C2CCCCC2)C12CC2. The second-order valence-electron chi connectivity index (χ2n) is 13.9. The maximum Gasteiger partial charge on any atom is 0.0401 e. The molecule has 1 aromatic carbocycles. The topological polar surface area (TPSA) is 38.0 Å². The normalized spacial score (nSPS) is 38.3. The molecule has 2 saturated carbocycles. The molecule has 0 bridgehead atoms. The fourth-order valence-corrected chi connectivity index (χ4v) is 9.42. The number of rotatable bonds is 5. The molecule has 0 aliphatic heterocycles. The molecule has 204 valence electrons. The van der Waals surface area contributed by atoms with Gasteiger partial charge in [0.25, 0.3) is 0 Å². The molecule has 2 fully saturated rings. The minimum absolute atomic E-state index is 0.209. The Hall–Kier alpha value is -2.22. The molecular formula is C36H50N2. The minimum Gasteiger partial charge on any atom is -0.399 e. The number of allylic oxidation sites excluding steroid dienone is 7. The smallest absolute Gasteiger partial charge is 0.0401 e. The van der Waals surface area contributed by atoms with Crippen molar-refractivity contribution in [2.24, 2.45) is 40.4 Å². The van der Waals surface area contributed by atoms with E-state index >= 15 is 0 Å². The summed E-state index contributed by atoms with van der Waals surface area (Å²) in [6.45, 7) is 10.0. The van der Waals surface area contributed by atoms with Crippen LogP contribution in [0.5, 0.6) is 0 Å². The van der Waals surface area contributed by atoms with Crippen LogP contribution in [-0.2, 0) is 0 Å². The molecule has 0 aromatic heterocycles.